The number of rotatable bonds is 3. The van der Waals surface area contributed by atoms with Crippen LogP contribution < -0.4 is 4.90 Å². The molecule has 1 heterocycles. The number of carbonyl (C=O) groups excluding carboxylic acids is 1. The van der Waals surface area contributed by atoms with Gasteiger partial charge in [-0.05, 0) is 49.4 Å². The second kappa shape index (κ2) is 6.29. The molecule has 1 aliphatic heterocycles. The first-order valence-electron chi connectivity index (χ1n) is 7.61. The maximum absolute atomic E-state index is 12.6. The Labute approximate surface area is 122 Å². The highest BCUT2D eigenvalue weighted by Gasteiger charge is 2.25. The normalized spacial score (nSPS) is 22.7. The monoisotopic (exact) mass is 274 g/mol. The Bertz CT molecular complexity index is 445. The van der Waals surface area contributed by atoms with Crippen molar-refractivity contribution >= 4 is 11.6 Å². The van der Waals surface area contributed by atoms with Crippen LogP contribution in [-0.2, 0) is 0 Å². The number of hydrogen-bond donors (Lipinski definition) is 0. The molecule has 0 aromatic heterocycles. The Balaban J connectivity index is 2.09. The summed E-state index contributed by atoms with van der Waals surface area (Å²) in [4.78, 5) is 16.7. The van der Waals surface area contributed by atoms with Gasteiger partial charge in [0, 0.05) is 37.9 Å². The van der Waals surface area contributed by atoms with Crippen LogP contribution in [0.15, 0.2) is 24.3 Å². The van der Waals surface area contributed by atoms with E-state index in [-0.39, 0.29) is 5.91 Å². The van der Waals surface area contributed by atoms with Gasteiger partial charge >= 0.3 is 0 Å². The lowest BCUT2D eigenvalue weighted by atomic mass is 9.91. The second-order valence-corrected chi connectivity index (χ2v) is 6.22. The van der Waals surface area contributed by atoms with Crippen molar-refractivity contribution in [3.8, 4) is 0 Å². The molecule has 0 radical (unpaired) electrons. The molecule has 1 saturated heterocycles. The van der Waals surface area contributed by atoms with Gasteiger partial charge in [-0.25, -0.2) is 0 Å². The van der Waals surface area contributed by atoms with E-state index < -0.39 is 0 Å². The predicted octanol–water partition coefficient (Wildman–Crippen LogP) is 3.26. The Hall–Kier alpha value is -1.51. The lowest BCUT2D eigenvalue weighted by Gasteiger charge is -2.35. The third kappa shape index (κ3) is 3.33. The molecule has 2 rings (SSSR count). The molecule has 0 aliphatic carbocycles. The molecule has 1 aromatic carbocycles. The quantitative estimate of drug-likeness (QED) is 0.844. The number of likely N-dealkylation sites (tertiary alicyclic amines) is 1. The van der Waals surface area contributed by atoms with E-state index in [0.717, 1.165) is 30.9 Å². The summed E-state index contributed by atoms with van der Waals surface area (Å²) in [7, 11) is 2.06. The molecular weight excluding hydrogens is 248 g/mol. The summed E-state index contributed by atoms with van der Waals surface area (Å²) < 4.78 is 0. The van der Waals surface area contributed by atoms with Crippen molar-refractivity contribution < 1.29 is 4.79 Å². The average Bonchev–Trinajstić information content (AvgIpc) is 2.45. The number of amides is 1. The fourth-order valence-corrected chi connectivity index (χ4v) is 3.05. The van der Waals surface area contributed by atoms with E-state index in [9.17, 15) is 4.79 Å². The molecule has 0 saturated carbocycles. The number of benzene rings is 1. The molecule has 1 aliphatic rings. The number of anilines is 1. The van der Waals surface area contributed by atoms with E-state index in [1.807, 2.05) is 29.2 Å². The van der Waals surface area contributed by atoms with Crippen molar-refractivity contribution in [3.05, 3.63) is 29.8 Å². The summed E-state index contributed by atoms with van der Waals surface area (Å²) in [5.74, 6) is 1.38. The van der Waals surface area contributed by atoms with E-state index in [2.05, 4.69) is 32.7 Å². The zero-order valence-electron chi connectivity index (χ0n) is 13.1. The Morgan fingerprint density at radius 2 is 1.75 bits per heavy atom. The van der Waals surface area contributed by atoms with Crippen molar-refractivity contribution in [2.45, 2.75) is 27.2 Å². The van der Waals surface area contributed by atoms with Gasteiger partial charge < -0.3 is 9.80 Å². The van der Waals surface area contributed by atoms with Crippen LogP contribution in [0.5, 0.6) is 0 Å². The first-order valence-corrected chi connectivity index (χ1v) is 7.61. The summed E-state index contributed by atoms with van der Waals surface area (Å²) in [5, 5.41) is 0. The van der Waals surface area contributed by atoms with Gasteiger partial charge in [-0.1, -0.05) is 13.8 Å². The summed E-state index contributed by atoms with van der Waals surface area (Å²) in [6, 6.07) is 7.97. The lowest BCUT2D eigenvalue weighted by Crippen LogP contribution is -2.42. The van der Waals surface area contributed by atoms with Crippen molar-refractivity contribution in [1.29, 1.82) is 0 Å². The molecule has 2 unspecified atom stereocenters. The first kappa shape index (κ1) is 14.9. The second-order valence-electron chi connectivity index (χ2n) is 6.22. The third-order valence-electron chi connectivity index (χ3n) is 4.19. The number of nitrogens with zero attached hydrogens (tertiary/aromatic N) is 2. The van der Waals surface area contributed by atoms with Gasteiger partial charge in [0.1, 0.15) is 0 Å². The molecule has 0 N–H and O–H groups in total. The molecule has 1 fully saturated rings. The summed E-state index contributed by atoms with van der Waals surface area (Å²) in [6.07, 6.45) is 1.23. The van der Waals surface area contributed by atoms with Gasteiger partial charge in [0.05, 0.1) is 0 Å². The molecule has 1 aromatic rings. The molecule has 0 bridgehead atoms. The maximum Gasteiger partial charge on any atom is 0.253 e. The summed E-state index contributed by atoms with van der Waals surface area (Å²) in [6.45, 7) is 9.33. The fourth-order valence-electron chi connectivity index (χ4n) is 3.05. The van der Waals surface area contributed by atoms with Gasteiger partial charge in [-0.15, -0.1) is 0 Å². The topological polar surface area (TPSA) is 23.6 Å². The fraction of sp³-hybridized carbons (Fsp3) is 0.588. The van der Waals surface area contributed by atoms with Crippen LogP contribution in [0.1, 0.15) is 37.6 Å². The highest BCUT2D eigenvalue weighted by atomic mass is 16.2. The van der Waals surface area contributed by atoms with Crippen LogP contribution in [-0.4, -0.2) is 37.5 Å². The van der Waals surface area contributed by atoms with Gasteiger partial charge in [0.2, 0.25) is 0 Å². The van der Waals surface area contributed by atoms with E-state index in [1.54, 1.807) is 0 Å². The predicted molar refractivity (Wildman–Crippen MR) is 84.2 cm³/mol. The van der Waals surface area contributed by atoms with Gasteiger partial charge in [-0.3, -0.25) is 4.79 Å². The number of hydrogen-bond acceptors (Lipinski definition) is 2. The van der Waals surface area contributed by atoms with Crippen LogP contribution >= 0.6 is 0 Å². The van der Waals surface area contributed by atoms with E-state index >= 15 is 0 Å². The molecule has 2 atom stereocenters. The molecule has 20 heavy (non-hydrogen) atoms. The molecule has 110 valence electrons. The Kier molecular flexibility index (Phi) is 4.69. The SMILES string of the molecule is CCN(C)c1ccc(C(=O)N2CC(C)CC(C)C2)cc1. The minimum absolute atomic E-state index is 0.175. The van der Waals surface area contributed by atoms with Gasteiger partial charge in [0.15, 0.2) is 0 Å². The van der Waals surface area contributed by atoms with Gasteiger partial charge in [-0.2, -0.15) is 0 Å². The summed E-state index contributed by atoms with van der Waals surface area (Å²) in [5.41, 5.74) is 1.96. The smallest absolute Gasteiger partial charge is 0.253 e. The Morgan fingerprint density at radius 3 is 2.25 bits per heavy atom. The van der Waals surface area contributed by atoms with Crippen molar-refractivity contribution in [2.75, 3.05) is 31.6 Å². The van der Waals surface area contributed by atoms with Crippen LogP contribution in [0.3, 0.4) is 0 Å². The molecular formula is C17H26N2O. The van der Waals surface area contributed by atoms with Crippen molar-refractivity contribution in [1.82, 2.24) is 4.90 Å². The average molecular weight is 274 g/mol. The molecule has 1 amide bonds. The van der Waals surface area contributed by atoms with Crippen LogP contribution in [0.25, 0.3) is 0 Å². The highest BCUT2D eigenvalue weighted by Crippen LogP contribution is 2.23. The van der Waals surface area contributed by atoms with E-state index in [0.29, 0.717) is 11.8 Å². The van der Waals surface area contributed by atoms with E-state index in [1.165, 1.54) is 6.42 Å². The highest BCUT2D eigenvalue weighted by molar-refractivity contribution is 5.94. The van der Waals surface area contributed by atoms with Gasteiger partial charge in [0.25, 0.3) is 5.91 Å². The number of carbonyl (C=O) groups is 1. The minimum Gasteiger partial charge on any atom is -0.375 e. The molecule has 3 nitrogen and oxygen atoms in total. The number of piperidine rings is 1. The van der Waals surface area contributed by atoms with E-state index in [4.69, 9.17) is 0 Å². The van der Waals surface area contributed by atoms with Crippen LogP contribution in [0.4, 0.5) is 5.69 Å². The Morgan fingerprint density at radius 1 is 1.20 bits per heavy atom. The first-order chi connectivity index (χ1) is 9.51. The van der Waals surface area contributed by atoms with Crippen LogP contribution in [0.2, 0.25) is 0 Å². The lowest BCUT2D eigenvalue weighted by molar-refractivity contribution is 0.0623. The van der Waals surface area contributed by atoms with Crippen molar-refractivity contribution in [2.24, 2.45) is 11.8 Å². The van der Waals surface area contributed by atoms with Crippen molar-refractivity contribution in [3.63, 3.8) is 0 Å². The molecule has 0 spiro atoms. The largest absolute Gasteiger partial charge is 0.375 e. The zero-order valence-corrected chi connectivity index (χ0v) is 13.1. The minimum atomic E-state index is 0.175. The maximum atomic E-state index is 12.6. The standard InChI is InChI=1S/C17H26N2O/c1-5-18(4)16-8-6-15(7-9-16)17(20)19-11-13(2)10-14(3)12-19/h6-9,13-14H,5,10-12H2,1-4H3. The molecule has 3 heteroatoms. The summed E-state index contributed by atoms with van der Waals surface area (Å²) >= 11 is 0. The zero-order chi connectivity index (χ0) is 14.7. The van der Waals surface area contributed by atoms with Crippen LogP contribution in [0, 0.1) is 11.8 Å². The third-order valence-corrected chi connectivity index (χ3v) is 4.19.